The lowest BCUT2D eigenvalue weighted by Gasteiger charge is -2.12. The molecule has 17 aromatic carbocycles. The minimum absolute atomic E-state index is 0.602. The zero-order valence-electron chi connectivity index (χ0n) is 63.6. The third-order valence-corrected chi connectivity index (χ3v) is 23.8. The Morgan fingerprint density at radius 2 is 0.529 bits per heavy atom. The van der Waals surface area contributed by atoms with Crippen molar-refractivity contribution in [3.8, 4) is 102 Å². The quantitative estimate of drug-likeness (QED) is 0.131. The van der Waals surface area contributed by atoms with Crippen LogP contribution in [0.25, 0.3) is 244 Å². The van der Waals surface area contributed by atoms with Gasteiger partial charge in [-0.05, 0) is 166 Å². The summed E-state index contributed by atoms with van der Waals surface area (Å²) in [6, 6.07) is 132. The summed E-state index contributed by atoms with van der Waals surface area (Å²) in [5.41, 5.74) is 22.4. The van der Waals surface area contributed by atoms with E-state index in [4.69, 9.17) is 44.3 Å². The van der Waals surface area contributed by atoms with E-state index in [1.807, 2.05) is 60.7 Å². The number of fused-ring (bicyclic) bond motifs is 11. The summed E-state index contributed by atoms with van der Waals surface area (Å²) in [6.07, 6.45) is 0. The Kier molecular flexibility index (Phi) is 14.5. The van der Waals surface area contributed by atoms with E-state index >= 15 is 0 Å². The molecule has 13 nitrogen and oxygen atoms in total. The number of imidazole rings is 2. The molecule has 552 valence electrons. The van der Waals surface area contributed by atoms with Crippen LogP contribution in [0.15, 0.2) is 381 Å². The van der Waals surface area contributed by atoms with Crippen molar-refractivity contribution in [1.29, 1.82) is 0 Å². The number of hydrogen-bond donors (Lipinski definition) is 0. The standard InChI is InChI=1S/C54H32N6.C52H30N6O/c1-2-13-36(14-3-1)54-55-44-29-30-47-49-48-43(42-17-8-9-19-45(42)60(54)50(44)49)18-10-20-46(48)59(47)41-27-25-35(26-28-41)51-56-52(39-23-21-33-11-4-6-15-37(33)31-39)58-53(57-51)40-24-22-34-12-5-7-16-38(34)32-40;1-3-12-31(13-4-1)49-54-50(56-51(55-49)34-24-29-45-39(30-34)37-17-8-10-21-44(37)59-45)32-22-25-35(26-23-32)57-42-20-11-18-38-36-16-7-9-19-41(36)58-48-40(27-28-43(57)47(48)46(38)42)53-52(58)33-14-5-2-6-15-33/h1-32H;1-30H. The van der Waals surface area contributed by atoms with Gasteiger partial charge in [-0.25, -0.2) is 39.9 Å². The molecule has 0 saturated heterocycles. The van der Waals surface area contributed by atoms with E-state index in [9.17, 15) is 0 Å². The molecule has 0 saturated carbocycles. The van der Waals surface area contributed by atoms with Crippen LogP contribution < -0.4 is 0 Å². The number of nitrogens with zero attached hydrogens (tertiary/aromatic N) is 12. The van der Waals surface area contributed by atoms with Gasteiger partial charge in [-0.15, -0.1) is 0 Å². The SMILES string of the molecule is c1ccc(-c2nc(-c3ccc(-n4c5cccc6c7ccccc7n7c(-c8ccccc8)nc8ccc4c(c65)c87)cc3)nc(-c3ccc4oc5ccccc5c4c3)n2)cc1.c1ccc(-c2nc3ccc4c5c6c(cccc6n4-c4ccc(-c6nc(-c7ccc8ccccc8c7)nc(-c7ccc8ccccc8c7)n6)cc4)c4ccccc4n2c35)cc1. The molecule has 0 aliphatic carbocycles. The van der Waals surface area contributed by atoms with Crippen molar-refractivity contribution in [2.45, 2.75) is 0 Å². The summed E-state index contributed by atoms with van der Waals surface area (Å²) in [5.74, 6) is 5.59. The van der Waals surface area contributed by atoms with Crippen LogP contribution in [0.2, 0.25) is 0 Å². The molecule has 9 heterocycles. The molecule has 0 amide bonds. The number of aromatic nitrogens is 12. The Hall–Kier alpha value is -16.4. The van der Waals surface area contributed by atoms with Crippen LogP contribution in [-0.2, 0) is 0 Å². The van der Waals surface area contributed by atoms with Crippen LogP contribution in [0.3, 0.4) is 0 Å². The van der Waals surface area contributed by atoms with Gasteiger partial charge in [0.25, 0.3) is 0 Å². The highest BCUT2D eigenvalue weighted by Gasteiger charge is 2.28. The number of rotatable bonds is 10. The second kappa shape index (κ2) is 26.1. The van der Waals surface area contributed by atoms with Crippen molar-refractivity contribution < 1.29 is 4.42 Å². The van der Waals surface area contributed by atoms with E-state index in [-0.39, 0.29) is 0 Å². The summed E-state index contributed by atoms with van der Waals surface area (Å²) in [7, 11) is 0. The summed E-state index contributed by atoms with van der Waals surface area (Å²) in [6.45, 7) is 0. The molecule has 0 unspecified atom stereocenters. The molecule has 0 bridgehead atoms. The van der Waals surface area contributed by atoms with Crippen molar-refractivity contribution in [3.63, 3.8) is 0 Å². The topological polar surface area (TPSA) is 135 Å². The number of para-hydroxylation sites is 3. The minimum Gasteiger partial charge on any atom is -0.456 e. The zero-order valence-corrected chi connectivity index (χ0v) is 63.6. The molecule has 0 N–H and O–H groups in total. The Morgan fingerprint density at radius 1 is 0.193 bits per heavy atom. The Bertz CT molecular complexity index is 8510. The van der Waals surface area contributed by atoms with Gasteiger partial charge >= 0.3 is 0 Å². The Labute approximate surface area is 678 Å². The molecule has 0 fully saturated rings. The first-order valence-electron chi connectivity index (χ1n) is 40.0. The summed E-state index contributed by atoms with van der Waals surface area (Å²) >= 11 is 0. The van der Waals surface area contributed by atoms with E-state index in [1.54, 1.807) is 0 Å². The third-order valence-electron chi connectivity index (χ3n) is 23.8. The first kappa shape index (κ1) is 66.1. The van der Waals surface area contributed by atoms with E-state index < -0.39 is 0 Å². The van der Waals surface area contributed by atoms with Gasteiger partial charge in [0.1, 0.15) is 22.8 Å². The third kappa shape index (κ3) is 10.4. The van der Waals surface area contributed by atoms with Crippen LogP contribution in [0.1, 0.15) is 0 Å². The van der Waals surface area contributed by atoms with Gasteiger partial charge in [0.2, 0.25) is 0 Å². The average molecular weight is 1520 g/mol. The van der Waals surface area contributed by atoms with Crippen LogP contribution in [-0.4, -0.2) is 57.8 Å². The molecular weight excluding hydrogens is 1460 g/mol. The highest BCUT2D eigenvalue weighted by molar-refractivity contribution is 6.32. The van der Waals surface area contributed by atoms with Gasteiger partial charge in [0.05, 0.1) is 55.2 Å². The number of hydrogen-bond acceptors (Lipinski definition) is 9. The first-order valence-corrected chi connectivity index (χ1v) is 40.0. The van der Waals surface area contributed by atoms with Crippen molar-refractivity contribution in [2.75, 3.05) is 0 Å². The van der Waals surface area contributed by atoms with Crippen molar-refractivity contribution in [3.05, 3.63) is 376 Å². The number of benzene rings is 17. The maximum atomic E-state index is 6.14. The molecule has 0 spiro atoms. The van der Waals surface area contributed by atoms with Gasteiger partial charge < -0.3 is 13.6 Å². The molecular formula is C106H62N12O. The monoisotopic (exact) mass is 1520 g/mol. The fourth-order valence-corrected chi connectivity index (χ4v) is 18.4. The molecule has 0 aliphatic rings. The van der Waals surface area contributed by atoms with Crippen LogP contribution in [0, 0.1) is 0 Å². The van der Waals surface area contributed by atoms with Crippen molar-refractivity contribution in [1.82, 2.24) is 57.8 Å². The largest absolute Gasteiger partial charge is 0.456 e. The van der Waals surface area contributed by atoms with Crippen molar-refractivity contribution >= 4 is 142 Å². The molecule has 119 heavy (non-hydrogen) atoms. The van der Waals surface area contributed by atoms with Crippen molar-refractivity contribution in [2.24, 2.45) is 0 Å². The molecule has 0 radical (unpaired) electrons. The molecule has 26 rings (SSSR count). The second-order valence-corrected chi connectivity index (χ2v) is 30.5. The average Bonchev–Trinajstić information content (AvgIpc) is 1.53. The molecule has 26 aromatic rings. The Morgan fingerprint density at radius 3 is 1.00 bits per heavy atom. The fourth-order valence-electron chi connectivity index (χ4n) is 18.4. The fraction of sp³-hybridized carbons (Fsp3) is 0. The maximum absolute atomic E-state index is 6.14. The predicted molar refractivity (Wildman–Crippen MR) is 484 cm³/mol. The van der Waals surface area contributed by atoms with E-state index in [2.05, 4.69) is 333 Å². The minimum atomic E-state index is 0.602. The molecule has 0 aliphatic heterocycles. The smallest absolute Gasteiger partial charge is 0.164 e. The molecule has 9 aromatic heterocycles. The number of furan rings is 1. The van der Waals surface area contributed by atoms with Gasteiger partial charge in [-0.2, -0.15) is 0 Å². The van der Waals surface area contributed by atoms with Gasteiger partial charge in [-0.1, -0.05) is 243 Å². The second-order valence-electron chi connectivity index (χ2n) is 30.5. The first-order chi connectivity index (χ1) is 59.0. The normalized spacial score (nSPS) is 12.0. The summed E-state index contributed by atoms with van der Waals surface area (Å²) in [5, 5.41) is 16.4. The Balaban J connectivity index is 0.000000132. The van der Waals surface area contributed by atoms with Gasteiger partial charge in [0, 0.05) is 99.0 Å². The summed E-state index contributed by atoms with van der Waals surface area (Å²) < 4.78 is 15.6. The lowest BCUT2D eigenvalue weighted by Crippen LogP contribution is -2.01. The maximum Gasteiger partial charge on any atom is 0.164 e. The highest BCUT2D eigenvalue weighted by atomic mass is 16.3. The lowest BCUT2D eigenvalue weighted by molar-refractivity contribution is 0.669. The van der Waals surface area contributed by atoms with E-state index in [0.717, 1.165) is 155 Å². The van der Waals surface area contributed by atoms with E-state index in [1.165, 1.54) is 53.9 Å². The molecule has 0 atom stereocenters. The zero-order chi connectivity index (χ0) is 77.9. The molecule has 13 heteroatoms. The van der Waals surface area contributed by atoms with Crippen LogP contribution in [0.4, 0.5) is 0 Å². The van der Waals surface area contributed by atoms with E-state index in [0.29, 0.717) is 34.9 Å². The lowest BCUT2D eigenvalue weighted by atomic mass is 10.1. The van der Waals surface area contributed by atoms with Gasteiger partial charge in [-0.3, -0.25) is 8.80 Å². The highest BCUT2D eigenvalue weighted by Crippen LogP contribution is 2.47. The van der Waals surface area contributed by atoms with Gasteiger partial charge in [0.15, 0.2) is 34.9 Å². The van der Waals surface area contributed by atoms with Crippen LogP contribution in [0.5, 0.6) is 0 Å². The summed E-state index contributed by atoms with van der Waals surface area (Å²) in [4.78, 5) is 41.1. The van der Waals surface area contributed by atoms with Crippen LogP contribution >= 0.6 is 0 Å². The predicted octanol–water partition coefficient (Wildman–Crippen LogP) is 26.3.